The van der Waals surface area contributed by atoms with Gasteiger partial charge in [0.15, 0.2) is 15.7 Å². The highest BCUT2D eigenvalue weighted by Crippen LogP contribution is 2.24. The van der Waals surface area contributed by atoms with Gasteiger partial charge < -0.3 is 10.5 Å². The zero-order chi connectivity index (χ0) is 15.9. The first-order chi connectivity index (χ1) is 10.4. The summed E-state index contributed by atoms with van der Waals surface area (Å²) in [5.41, 5.74) is 5.35. The van der Waals surface area contributed by atoms with Crippen molar-refractivity contribution in [3.8, 4) is 11.7 Å². The normalized spacial score (nSPS) is 17.0. The summed E-state index contributed by atoms with van der Waals surface area (Å²) in [6.45, 7) is 0. The van der Waals surface area contributed by atoms with E-state index < -0.39 is 21.8 Å². The number of ether oxygens (including phenoxy) is 1. The number of hydrogen-bond acceptors (Lipinski definition) is 6. The molecule has 0 radical (unpaired) electrons. The predicted molar refractivity (Wildman–Crippen MR) is 78.0 cm³/mol. The van der Waals surface area contributed by atoms with Gasteiger partial charge in [0.2, 0.25) is 5.88 Å². The second-order valence-corrected chi connectivity index (χ2v) is 7.33. The average Bonchev–Trinajstić information content (AvgIpc) is 2.81. The summed E-state index contributed by atoms with van der Waals surface area (Å²) in [7, 11) is -3.01. The number of amides is 1. The van der Waals surface area contributed by atoms with Crippen molar-refractivity contribution in [1.82, 2.24) is 14.8 Å². The fraction of sp³-hybridized carbons (Fsp3) is 0.250. The van der Waals surface area contributed by atoms with Gasteiger partial charge in [0.05, 0.1) is 16.5 Å². The van der Waals surface area contributed by atoms with E-state index in [1.54, 1.807) is 12.1 Å². The summed E-state index contributed by atoms with van der Waals surface area (Å²) in [6.07, 6.45) is 1.01. The van der Waals surface area contributed by atoms with Crippen molar-refractivity contribution < 1.29 is 17.9 Å². The molecule has 1 saturated heterocycles. The molecule has 1 aliphatic heterocycles. The minimum atomic E-state index is -3.01. The van der Waals surface area contributed by atoms with Crippen LogP contribution in [-0.2, 0) is 9.84 Å². The molecule has 1 amide bonds. The van der Waals surface area contributed by atoms with Crippen molar-refractivity contribution in [3.05, 3.63) is 35.1 Å². The van der Waals surface area contributed by atoms with Gasteiger partial charge in [0.1, 0.15) is 11.8 Å². The van der Waals surface area contributed by atoms with Crippen LogP contribution in [0, 0.1) is 0 Å². The quantitative estimate of drug-likeness (QED) is 0.847. The molecule has 116 valence electrons. The zero-order valence-electron chi connectivity index (χ0n) is 11.1. The van der Waals surface area contributed by atoms with Crippen LogP contribution >= 0.6 is 11.6 Å². The molecular weight excluding hydrogens is 332 g/mol. The van der Waals surface area contributed by atoms with Crippen LogP contribution in [-0.4, -0.2) is 46.7 Å². The van der Waals surface area contributed by atoms with Gasteiger partial charge in [-0.15, -0.1) is 5.10 Å². The number of aromatic nitrogens is 3. The first-order valence-corrected chi connectivity index (χ1v) is 8.43. The van der Waals surface area contributed by atoms with Crippen molar-refractivity contribution in [1.29, 1.82) is 0 Å². The Hall–Kier alpha value is -2.13. The third kappa shape index (κ3) is 2.77. The molecule has 22 heavy (non-hydrogen) atoms. The van der Waals surface area contributed by atoms with Crippen molar-refractivity contribution >= 4 is 27.3 Å². The molecule has 0 aromatic carbocycles. The van der Waals surface area contributed by atoms with Crippen LogP contribution in [0.4, 0.5) is 0 Å². The average molecular weight is 343 g/mol. The first kappa shape index (κ1) is 14.8. The minimum Gasteiger partial charge on any atom is -0.471 e. The Morgan fingerprint density at radius 1 is 1.45 bits per heavy atom. The van der Waals surface area contributed by atoms with Crippen LogP contribution in [0.2, 0.25) is 5.02 Å². The predicted octanol–water partition coefficient (Wildman–Crippen LogP) is 0.195. The molecule has 2 N–H and O–H groups in total. The molecule has 2 aromatic rings. The van der Waals surface area contributed by atoms with Gasteiger partial charge in [0, 0.05) is 12.3 Å². The summed E-state index contributed by atoms with van der Waals surface area (Å²) in [6, 6.07) is 4.56. The third-order valence-corrected chi connectivity index (χ3v) is 5.10. The highest BCUT2D eigenvalue weighted by atomic mass is 35.5. The van der Waals surface area contributed by atoms with Crippen molar-refractivity contribution in [3.63, 3.8) is 0 Å². The summed E-state index contributed by atoms with van der Waals surface area (Å²) < 4.78 is 28.9. The molecule has 0 unspecified atom stereocenters. The molecule has 0 aliphatic carbocycles. The molecule has 0 spiro atoms. The standard InChI is InChI=1S/C12H11ClN4O4S/c13-8-2-1-3-15-12(8)17-9(11(14)18)4-10(16-17)21-7-5-22(19,20)6-7/h1-4,7H,5-6H2,(H2,14,18). The van der Waals surface area contributed by atoms with E-state index in [2.05, 4.69) is 10.1 Å². The number of rotatable bonds is 4. The summed E-state index contributed by atoms with van der Waals surface area (Å²) in [5, 5.41) is 4.37. The Morgan fingerprint density at radius 2 is 2.18 bits per heavy atom. The molecule has 3 heterocycles. The van der Waals surface area contributed by atoms with Gasteiger partial charge in [-0.1, -0.05) is 11.6 Å². The molecule has 8 nitrogen and oxygen atoms in total. The number of primary amides is 1. The lowest BCUT2D eigenvalue weighted by molar-refractivity contribution is 0.0992. The lowest BCUT2D eigenvalue weighted by Gasteiger charge is -2.25. The molecule has 2 aromatic heterocycles. The minimum absolute atomic E-state index is 0.0396. The summed E-state index contributed by atoms with van der Waals surface area (Å²) >= 11 is 6.03. The van der Waals surface area contributed by atoms with E-state index in [0.29, 0.717) is 0 Å². The maximum absolute atomic E-state index is 11.5. The van der Waals surface area contributed by atoms with Gasteiger partial charge in [-0.05, 0) is 12.1 Å². The largest absolute Gasteiger partial charge is 0.471 e. The Kier molecular flexibility index (Phi) is 3.53. The van der Waals surface area contributed by atoms with Gasteiger partial charge in [-0.2, -0.15) is 0 Å². The van der Waals surface area contributed by atoms with Crippen LogP contribution in [0.25, 0.3) is 5.82 Å². The van der Waals surface area contributed by atoms with Gasteiger partial charge in [-0.25, -0.2) is 18.1 Å². The van der Waals surface area contributed by atoms with E-state index in [1.165, 1.54) is 16.9 Å². The fourth-order valence-electron chi connectivity index (χ4n) is 2.04. The fourth-order valence-corrected chi connectivity index (χ4v) is 3.42. The highest BCUT2D eigenvalue weighted by molar-refractivity contribution is 7.92. The van der Waals surface area contributed by atoms with E-state index in [1.807, 2.05) is 0 Å². The lowest BCUT2D eigenvalue weighted by atomic mass is 10.4. The van der Waals surface area contributed by atoms with E-state index in [9.17, 15) is 13.2 Å². The van der Waals surface area contributed by atoms with Crippen LogP contribution in [0.15, 0.2) is 24.4 Å². The molecule has 1 aliphatic rings. The molecule has 0 atom stereocenters. The molecule has 3 rings (SSSR count). The van der Waals surface area contributed by atoms with Gasteiger partial charge >= 0.3 is 0 Å². The topological polar surface area (TPSA) is 117 Å². The number of carbonyl (C=O) groups is 1. The Morgan fingerprint density at radius 3 is 2.77 bits per heavy atom. The van der Waals surface area contributed by atoms with Crippen LogP contribution < -0.4 is 10.5 Å². The van der Waals surface area contributed by atoms with E-state index in [4.69, 9.17) is 22.1 Å². The van der Waals surface area contributed by atoms with Gasteiger partial charge in [0.25, 0.3) is 5.91 Å². The van der Waals surface area contributed by atoms with Crippen LogP contribution in [0.5, 0.6) is 5.88 Å². The Balaban J connectivity index is 1.93. The van der Waals surface area contributed by atoms with Crippen molar-refractivity contribution in [2.45, 2.75) is 6.10 Å². The molecule has 0 bridgehead atoms. The molecule has 10 heteroatoms. The summed E-state index contributed by atoms with van der Waals surface area (Å²) in [4.78, 5) is 15.6. The smallest absolute Gasteiger partial charge is 0.267 e. The Bertz CT molecular complexity index is 837. The van der Waals surface area contributed by atoms with E-state index in [-0.39, 0.29) is 33.9 Å². The molecule has 1 fully saturated rings. The monoisotopic (exact) mass is 342 g/mol. The number of nitrogens with zero attached hydrogens (tertiary/aromatic N) is 3. The third-order valence-electron chi connectivity index (χ3n) is 3.05. The molecular formula is C12H11ClN4O4S. The number of nitrogens with two attached hydrogens (primary N) is 1. The number of carbonyl (C=O) groups excluding carboxylic acids is 1. The first-order valence-electron chi connectivity index (χ1n) is 6.23. The van der Waals surface area contributed by atoms with E-state index in [0.717, 1.165) is 0 Å². The number of halogens is 1. The lowest BCUT2D eigenvalue weighted by Crippen LogP contribution is -2.45. The maximum Gasteiger partial charge on any atom is 0.267 e. The van der Waals surface area contributed by atoms with Crippen LogP contribution in [0.3, 0.4) is 0 Å². The second-order valence-electron chi connectivity index (χ2n) is 4.77. The van der Waals surface area contributed by atoms with Crippen LogP contribution in [0.1, 0.15) is 10.5 Å². The summed E-state index contributed by atoms with van der Waals surface area (Å²) in [5.74, 6) is -0.554. The van der Waals surface area contributed by atoms with E-state index >= 15 is 0 Å². The molecule has 0 saturated carbocycles. The number of pyridine rings is 1. The Labute approximate surface area is 130 Å². The highest BCUT2D eigenvalue weighted by Gasteiger charge is 2.36. The number of hydrogen-bond donors (Lipinski definition) is 1. The second kappa shape index (κ2) is 5.25. The van der Waals surface area contributed by atoms with Crippen molar-refractivity contribution in [2.75, 3.05) is 11.5 Å². The van der Waals surface area contributed by atoms with Crippen molar-refractivity contribution in [2.24, 2.45) is 5.73 Å². The SMILES string of the molecule is NC(=O)c1cc(OC2CS(=O)(=O)C2)nn1-c1ncccc1Cl. The zero-order valence-corrected chi connectivity index (χ0v) is 12.7. The number of sulfone groups is 1. The van der Waals surface area contributed by atoms with Gasteiger partial charge in [-0.3, -0.25) is 4.79 Å². The maximum atomic E-state index is 11.5.